The van der Waals surface area contributed by atoms with Gasteiger partial charge in [-0.15, -0.1) is 0 Å². The van der Waals surface area contributed by atoms with Gasteiger partial charge in [0.25, 0.3) is 0 Å². The largest absolute Gasteiger partial charge is 0.462 e. The molecule has 0 aromatic heterocycles. The summed E-state index contributed by atoms with van der Waals surface area (Å²) in [6.45, 7) is 48.4. The number of hydrogen-bond acceptors (Lipinski definition) is 9. The maximum atomic E-state index is 12.2. The molecule has 0 aromatic carbocycles. The van der Waals surface area contributed by atoms with Crippen molar-refractivity contribution in [3.63, 3.8) is 0 Å². The standard InChI is InChI=1S/C43H84O9Si7/c1-34(2)37(44)47-28-19-22-40(7)25-31-57(16,54(10,11)50-40)43(53,58(17)32-26-41(8,51-55(58,12)13)23-20-29-48-38(45)35(3)4)59(18)33-27-42(9,52-56(59,14)15)24-21-30-49-39(46)36(5)6/h1,3,5,19-33H2,2,4,6-18,53H3. The van der Waals surface area contributed by atoms with Crippen molar-refractivity contribution < 1.29 is 41.9 Å². The zero-order valence-corrected chi connectivity index (χ0v) is 48.4. The minimum absolute atomic E-state index is 0.240. The van der Waals surface area contributed by atoms with Gasteiger partial charge in [-0.2, -0.15) is 0 Å². The van der Waals surface area contributed by atoms with Crippen LogP contribution in [0.1, 0.15) is 99.3 Å². The number of carbonyl (C=O) groups excluding carboxylic acids is 3. The van der Waals surface area contributed by atoms with Crippen LogP contribution in [-0.4, -0.2) is 111 Å². The Morgan fingerprint density at radius 2 is 0.746 bits per heavy atom. The third kappa shape index (κ3) is 10.5. The van der Waals surface area contributed by atoms with Crippen LogP contribution in [0.5, 0.6) is 0 Å². The van der Waals surface area contributed by atoms with Crippen molar-refractivity contribution in [2.45, 2.75) is 197 Å². The second-order valence-electron chi connectivity index (χ2n) is 21.9. The maximum absolute atomic E-state index is 12.2. The summed E-state index contributed by atoms with van der Waals surface area (Å²) < 4.78 is 40.1. The highest BCUT2D eigenvalue weighted by Crippen LogP contribution is 2.67. The predicted octanol–water partition coefficient (Wildman–Crippen LogP) is 9.45. The highest BCUT2D eigenvalue weighted by molar-refractivity contribution is 7.63. The monoisotopic (exact) mass is 940 g/mol. The molecule has 0 radical (unpaired) electrons. The molecule has 0 bridgehead atoms. The van der Waals surface area contributed by atoms with Crippen LogP contribution < -0.4 is 0 Å². The van der Waals surface area contributed by atoms with Crippen molar-refractivity contribution in [1.29, 1.82) is 0 Å². The number of rotatable bonds is 18. The van der Waals surface area contributed by atoms with E-state index in [0.29, 0.717) is 40.4 Å². The Morgan fingerprint density at radius 3 is 0.932 bits per heavy atom. The van der Waals surface area contributed by atoms with Crippen LogP contribution in [0.2, 0.25) is 81.0 Å². The number of esters is 3. The molecule has 338 valence electrons. The highest BCUT2D eigenvalue weighted by Gasteiger charge is 2.80. The molecule has 3 aliphatic heterocycles. The van der Waals surface area contributed by atoms with Crippen LogP contribution in [0.25, 0.3) is 0 Å². The lowest BCUT2D eigenvalue weighted by molar-refractivity contribution is -0.140. The molecule has 3 rings (SSSR count). The lowest BCUT2D eigenvalue weighted by atomic mass is 9.97. The zero-order chi connectivity index (χ0) is 45.3. The number of carbonyl (C=O) groups is 3. The van der Waals surface area contributed by atoms with Gasteiger partial charge in [0.05, 0.1) is 59.4 Å². The summed E-state index contributed by atoms with van der Waals surface area (Å²) in [5.74, 6) is -0.961. The Labute approximate surface area is 367 Å². The fourth-order valence-corrected chi connectivity index (χ4v) is 118. The van der Waals surface area contributed by atoms with Crippen molar-refractivity contribution in [2.75, 3.05) is 19.8 Å². The molecule has 0 aliphatic carbocycles. The normalized spacial score (nSPS) is 34.8. The van der Waals surface area contributed by atoms with Gasteiger partial charge < -0.3 is 27.5 Å². The van der Waals surface area contributed by atoms with Gasteiger partial charge in [-0.1, -0.05) is 61.4 Å². The van der Waals surface area contributed by atoms with Crippen LogP contribution in [0.3, 0.4) is 0 Å². The van der Waals surface area contributed by atoms with Crippen molar-refractivity contribution in [2.24, 2.45) is 0 Å². The van der Waals surface area contributed by atoms with Gasteiger partial charge in [-0.25, -0.2) is 14.4 Å². The van der Waals surface area contributed by atoms with E-state index in [1.807, 2.05) is 0 Å². The van der Waals surface area contributed by atoms with Crippen LogP contribution in [-0.2, 0) is 41.9 Å². The molecule has 6 unspecified atom stereocenters. The first-order valence-electron chi connectivity index (χ1n) is 22.3. The molecule has 0 amide bonds. The van der Waals surface area contributed by atoms with E-state index in [2.05, 4.69) is 99.4 Å². The van der Waals surface area contributed by atoms with Gasteiger partial charge in [-0.05, 0) is 139 Å². The summed E-state index contributed by atoms with van der Waals surface area (Å²) in [6.07, 6.45) is 8.11. The first-order chi connectivity index (χ1) is 26.7. The average Bonchev–Trinajstić information content (AvgIpc) is 3.11. The minimum atomic E-state index is -2.32. The number of hydrogen-bond donors (Lipinski definition) is 0. The zero-order valence-electron chi connectivity index (χ0n) is 40.4. The maximum Gasteiger partial charge on any atom is 0.333 e. The van der Waals surface area contributed by atoms with Crippen molar-refractivity contribution in [3.05, 3.63) is 36.5 Å². The molecular formula is C43H84O9Si7. The van der Waals surface area contributed by atoms with Crippen LogP contribution >= 0.6 is 0 Å². The summed E-state index contributed by atoms with van der Waals surface area (Å²) in [4.78, 5) is 36.5. The summed E-state index contributed by atoms with van der Waals surface area (Å²) in [5, 5.41) is 0. The fourth-order valence-electron chi connectivity index (χ4n) is 11.9. The predicted molar refractivity (Wildman–Crippen MR) is 262 cm³/mol. The molecule has 59 heavy (non-hydrogen) atoms. The minimum Gasteiger partial charge on any atom is -0.462 e. The summed E-state index contributed by atoms with van der Waals surface area (Å²) in [7, 11) is -12.4. The summed E-state index contributed by atoms with van der Waals surface area (Å²) >= 11 is 0. The quantitative estimate of drug-likeness (QED) is 0.0437. The van der Waals surface area contributed by atoms with Crippen LogP contribution in [0.15, 0.2) is 36.5 Å². The van der Waals surface area contributed by atoms with E-state index in [1.165, 1.54) is 18.1 Å². The van der Waals surface area contributed by atoms with Gasteiger partial charge in [0, 0.05) is 27.0 Å². The number of ether oxygens (including phenoxy) is 3. The molecule has 0 spiro atoms. The van der Waals surface area contributed by atoms with E-state index < -0.39 is 46.3 Å². The lowest BCUT2D eigenvalue weighted by Crippen LogP contribution is -2.91. The van der Waals surface area contributed by atoms with E-state index >= 15 is 0 Å². The Hall–Kier alpha value is -0.972. The van der Waals surface area contributed by atoms with Crippen molar-refractivity contribution in [1.82, 2.24) is 0 Å². The second kappa shape index (κ2) is 18.6. The van der Waals surface area contributed by atoms with Gasteiger partial charge in [0.2, 0.25) is 0 Å². The lowest BCUT2D eigenvalue weighted by Gasteiger charge is -2.74. The summed E-state index contributed by atoms with van der Waals surface area (Å²) in [5.41, 5.74) is 0.582. The third-order valence-corrected chi connectivity index (χ3v) is 98.4. The molecule has 6 atom stereocenters. The van der Waals surface area contributed by atoms with E-state index in [0.717, 1.165) is 68.0 Å². The Bertz CT molecular complexity index is 1450. The molecule has 0 N–H and O–H groups in total. The summed E-state index contributed by atoms with van der Waals surface area (Å²) in [6, 6.07) is 3.82. The van der Waals surface area contributed by atoms with Crippen molar-refractivity contribution >= 4 is 74.4 Å². The average molecular weight is 942 g/mol. The molecule has 3 heterocycles. The van der Waals surface area contributed by atoms with E-state index in [4.69, 9.17) is 27.5 Å². The fraction of sp³-hybridized carbons (Fsp3) is 0.791. The SMILES string of the molecule is C=C(C)C(=O)OCCCC1(C)CC[Si](C)(C([SiH3])([Si]2(C)CCC(C)(CCCOC(=O)C(=C)C)O[Si]2(C)C)[Si]2(C)CCC(C)(CCCOC(=O)C(=C)C)O[Si]2(C)C)[Si](C)(C)O1. The molecule has 3 aliphatic rings. The van der Waals surface area contributed by atoms with Gasteiger partial charge in [0.1, 0.15) is 0 Å². The molecule has 16 heteroatoms. The molecular weight excluding hydrogens is 857 g/mol. The van der Waals surface area contributed by atoms with Crippen molar-refractivity contribution in [3.8, 4) is 0 Å². The highest BCUT2D eigenvalue weighted by atomic mass is 29.3. The van der Waals surface area contributed by atoms with Gasteiger partial charge >= 0.3 is 17.9 Å². The molecule has 9 nitrogen and oxygen atoms in total. The molecule has 3 saturated heterocycles. The molecule has 0 saturated carbocycles. The smallest absolute Gasteiger partial charge is 0.333 e. The van der Waals surface area contributed by atoms with E-state index in [-0.39, 0.29) is 34.7 Å². The first-order valence-corrected chi connectivity index (χ1v) is 43.2. The van der Waals surface area contributed by atoms with Gasteiger partial charge in [-0.3, -0.25) is 0 Å². The van der Waals surface area contributed by atoms with Crippen LogP contribution in [0, 0.1) is 0 Å². The van der Waals surface area contributed by atoms with E-state index in [9.17, 15) is 14.4 Å². The molecule has 0 aromatic rings. The Balaban J connectivity index is 2.06. The van der Waals surface area contributed by atoms with Gasteiger partial charge in [0.15, 0.2) is 23.5 Å². The Morgan fingerprint density at radius 1 is 0.525 bits per heavy atom. The third-order valence-electron chi connectivity index (χ3n) is 16.6. The molecule has 3 fully saturated rings. The van der Waals surface area contributed by atoms with Crippen LogP contribution in [0.4, 0.5) is 0 Å². The second-order valence-corrected chi connectivity index (χ2v) is 70.8. The Kier molecular flexibility index (Phi) is 16.5. The first kappa shape index (κ1) is 52.4. The van der Waals surface area contributed by atoms with E-state index in [1.54, 1.807) is 20.8 Å². The topological polar surface area (TPSA) is 107 Å².